The number of sulfonamides is 1. The molecule has 0 fully saturated rings. The molecule has 108 valence electrons. The molecule has 0 spiro atoms. The van der Waals surface area contributed by atoms with Gasteiger partial charge >= 0.3 is 0 Å². The molecular weight excluding hydrogens is 276 g/mol. The largest absolute Gasteiger partial charge is 0.398 e. The van der Waals surface area contributed by atoms with E-state index in [1.54, 1.807) is 6.07 Å². The number of para-hydroxylation sites is 1. The average molecular weight is 294 g/mol. The number of rotatable bonds is 5. The number of nitrogens with two attached hydrogens (primary N) is 1. The Labute approximate surface area is 118 Å². The van der Waals surface area contributed by atoms with E-state index in [-0.39, 0.29) is 17.5 Å². The number of H-pyrrole nitrogens is 1. The maximum absolute atomic E-state index is 12.6. The second-order valence-corrected chi connectivity index (χ2v) is 6.67. The molecule has 0 aliphatic heterocycles. The lowest BCUT2D eigenvalue weighted by Crippen LogP contribution is -2.36. The van der Waals surface area contributed by atoms with Crippen molar-refractivity contribution in [2.75, 3.05) is 5.73 Å². The lowest BCUT2D eigenvalue weighted by atomic mass is 10.2. The van der Waals surface area contributed by atoms with Crippen LogP contribution in [0.15, 0.2) is 41.6 Å². The van der Waals surface area contributed by atoms with E-state index >= 15 is 0 Å². The van der Waals surface area contributed by atoms with Crippen LogP contribution >= 0.6 is 0 Å². The van der Waals surface area contributed by atoms with Crippen molar-refractivity contribution in [3.05, 3.63) is 42.2 Å². The number of anilines is 1. The highest BCUT2D eigenvalue weighted by Gasteiger charge is 2.28. The Bertz CT molecular complexity index is 665. The number of nitrogen functional groups attached to an aromatic ring is 1. The quantitative estimate of drug-likeness (QED) is 0.819. The maximum Gasteiger partial charge on any atom is 0.246 e. The maximum atomic E-state index is 12.6. The zero-order chi connectivity index (χ0) is 14.8. The summed E-state index contributed by atoms with van der Waals surface area (Å²) in [4.78, 5) is 0.153. The molecule has 1 aromatic carbocycles. The standard InChI is InChI=1S/C13H18N4O2S/c1-10(2)17(9-11-5-3-4-6-13(11)14)20(18,19)12-7-15-16-8-12/h3-8,10H,9,14H2,1-2H3,(H,15,16). The van der Waals surface area contributed by atoms with E-state index in [4.69, 9.17) is 5.73 Å². The van der Waals surface area contributed by atoms with E-state index in [2.05, 4.69) is 10.2 Å². The molecule has 3 N–H and O–H groups in total. The second kappa shape index (κ2) is 5.64. The summed E-state index contributed by atoms with van der Waals surface area (Å²) in [5, 5.41) is 6.22. The van der Waals surface area contributed by atoms with E-state index in [1.165, 1.54) is 16.7 Å². The minimum atomic E-state index is -3.59. The zero-order valence-corrected chi connectivity index (χ0v) is 12.3. The summed E-state index contributed by atoms with van der Waals surface area (Å²) in [7, 11) is -3.59. The Morgan fingerprint density at radius 2 is 2.05 bits per heavy atom. The Balaban J connectivity index is 2.36. The molecule has 0 radical (unpaired) electrons. The van der Waals surface area contributed by atoms with Gasteiger partial charge < -0.3 is 5.73 Å². The fourth-order valence-corrected chi connectivity index (χ4v) is 3.43. The number of nitrogens with zero attached hydrogens (tertiary/aromatic N) is 2. The van der Waals surface area contributed by atoms with Gasteiger partial charge in [0.25, 0.3) is 0 Å². The molecule has 6 nitrogen and oxygen atoms in total. The molecule has 0 atom stereocenters. The monoisotopic (exact) mass is 294 g/mol. The van der Waals surface area contributed by atoms with Crippen LogP contribution in [0.25, 0.3) is 0 Å². The predicted octanol–water partition coefficient (Wildman–Crippen LogP) is 1.59. The molecule has 2 aromatic rings. The van der Waals surface area contributed by atoms with Gasteiger partial charge in [-0.2, -0.15) is 9.40 Å². The average Bonchev–Trinajstić information content (AvgIpc) is 2.91. The summed E-state index contributed by atoms with van der Waals surface area (Å²) in [5.41, 5.74) is 7.26. The molecule has 0 aliphatic rings. The van der Waals surface area contributed by atoms with Crippen LogP contribution in [0.3, 0.4) is 0 Å². The first-order valence-corrected chi connectivity index (χ1v) is 7.71. The highest BCUT2D eigenvalue weighted by molar-refractivity contribution is 7.89. The molecule has 1 aromatic heterocycles. The van der Waals surface area contributed by atoms with Crippen molar-refractivity contribution in [1.29, 1.82) is 0 Å². The lowest BCUT2D eigenvalue weighted by molar-refractivity contribution is 0.348. The first-order chi connectivity index (χ1) is 9.43. The topological polar surface area (TPSA) is 92.1 Å². The van der Waals surface area contributed by atoms with Gasteiger partial charge in [-0.05, 0) is 25.5 Å². The number of aromatic amines is 1. The smallest absolute Gasteiger partial charge is 0.246 e. The first kappa shape index (κ1) is 14.5. The van der Waals surface area contributed by atoms with Crippen LogP contribution < -0.4 is 5.73 Å². The summed E-state index contributed by atoms with van der Waals surface area (Å²) in [6, 6.07) is 7.07. The fourth-order valence-electron chi connectivity index (χ4n) is 1.91. The highest BCUT2D eigenvalue weighted by Crippen LogP contribution is 2.22. The first-order valence-electron chi connectivity index (χ1n) is 6.27. The number of nitrogens with one attached hydrogen (secondary N) is 1. The number of aromatic nitrogens is 2. The van der Waals surface area contributed by atoms with Gasteiger partial charge in [-0.3, -0.25) is 5.10 Å². The van der Waals surface area contributed by atoms with E-state index in [0.29, 0.717) is 5.69 Å². The van der Waals surface area contributed by atoms with E-state index < -0.39 is 10.0 Å². The van der Waals surface area contributed by atoms with E-state index in [1.807, 2.05) is 32.0 Å². The molecule has 0 bridgehead atoms. The molecule has 0 aliphatic carbocycles. The second-order valence-electron chi connectivity index (χ2n) is 4.78. The molecule has 0 amide bonds. The fraction of sp³-hybridized carbons (Fsp3) is 0.308. The summed E-state index contributed by atoms with van der Waals surface area (Å²) in [6.45, 7) is 3.89. The van der Waals surface area contributed by atoms with Gasteiger partial charge in [0.2, 0.25) is 10.0 Å². The SMILES string of the molecule is CC(C)N(Cc1ccccc1N)S(=O)(=O)c1cn[nH]c1. The predicted molar refractivity (Wildman–Crippen MR) is 77.3 cm³/mol. The van der Waals surface area contributed by atoms with Crippen molar-refractivity contribution < 1.29 is 8.42 Å². The number of benzene rings is 1. The van der Waals surface area contributed by atoms with Crippen LogP contribution in [0.4, 0.5) is 5.69 Å². The normalized spacial score (nSPS) is 12.2. The van der Waals surface area contributed by atoms with Crippen molar-refractivity contribution >= 4 is 15.7 Å². The van der Waals surface area contributed by atoms with Gasteiger partial charge in [-0.25, -0.2) is 8.42 Å². The molecule has 7 heteroatoms. The summed E-state index contributed by atoms with van der Waals surface area (Å²) in [6.07, 6.45) is 2.68. The van der Waals surface area contributed by atoms with Crippen molar-refractivity contribution in [2.24, 2.45) is 0 Å². The minimum absolute atomic E-state index is 0.153. The summed E-state index contributed by atoms with van der Waals surface area (Å²) in [5.74, 6) is 0. The Morgan fingerprint density at radius 1 is 1.35 bits per heavy atom. The molecular formula is C13H18N4O2S. The van der Waals surface area contributed by atoms with Crippen molar-refractivity contribution in [3.63, 3.8) is 0 Å². The van der Waals surface area contributed by atoms with Gasteiger partial charge in [-0.1, -0.05) is 18.2 Å². The van der Waals surface area contributed by atoms with E-state index in [9.17, 15) is 8.42 Å². The Hall–Kier alpha value is -1.86. The van der Waals surface area contributed by atoms with Gasteiger partial charge in [-0.15, -0.1) is 0 Å². The van der Waals surface area contributed by atoms with E-state index in [0.717, 1.165) is 5.56 Å². The summed E-state index contributed by atoms with van der Waals surface area (Å²) >= 11 is 0. The Morgan fingerprint density at radius 3 is 2.60 bits per heavy atom. The third-order valence-electron chi connectivity index (χ3n) is 3.04. The van der Waals surface area contributed by atoms with Crippen molar-refractivity contribution in [1.82, 2.24) is 14.5 Å². The van der Waals surface area contributed by atoms with Gasteiger partial charge in [0.1, 0.15) is 4.90 Å². The molecule has 20 heavy (non-hydrogen) atoms. The third kappa shape index (κ3) is 2.83. The van der Waals surface area contributed by atoms with Crippen LogP contribution in [0.5, 0.6) is 0 Å². The lowest BCUT2D eigenvalue weighted by Gasteiger charge is -2.25. The van der Waals surface area contributed by atoms with Gasteiger partial charge in [0.15, 0.2) is 0 Å². The highest BCUT2D eigenvalue weighted by atomic mass is 32.2. The number of hydrogen-bond donors (Lipinski definition) is 2. The Kier molecular flexibility index (Phi) is 4.10. The van der Waals surface area contributed by atoms with Crippen LogP contribution in [-0.4, -0.2) is 29.0 Å². The molecule has 0 saturated carbocycles. The van der Waals surface area contributed by atoms with Gasteiger partial charge in [0, 0.05) is 24.5 Å². The van der Waals surface area contributed by atoms with Crippen LogP contribution in [0.2, 0.25) is 0 Å². The summed E-state index contributed by atoms with van der Waals surface area (Å²) < 4.78 is 26.6. The third-order valence-corrected chi connectivity index (χ3v) is 5.02. The van der Waals surface area contributed by atoms with Crippen LogP contribution in [0, 0.1) is 0 Å². The van der Waals surface area contributed by atoms with Crippen LogP contribution in [-0.2, 0) is 16.6 Å². The minimum Gasteiger partial charge on any atom is -0.398 e. The van der Waals surface area contributed by atoms with Crippen molar-refractivity contribution in [3.8, 4) is 0 Å². The molecule has 2 rings (SSSR count). The van der Waals surface area contributed by atoms with Gasteiger partial charge in [0.05, 0.1) is 6.20 Å². The van der Waals surface area contributed by atoms with Crippen molar-refractivity contribution in [2.45, 2.75) is 31.3 Å². The van der Waals surface area contributed by atoms with Crippen LogP contribution in [0.1, 0.15) is 19.4 Å². The molecule has 0 saturated heterocycles. The molecule has 0 unspecified atom stereocenters. The molecule has 1 heterocycles. The number of hydrogen-bond acceptors (Lipinski definition) is 4. The zero-order valence-electron chi connectivity index (χ0n) is 11.4.